The number of carbonyl (C=O) groups excluding carboxylic acids is 11. The van der Waals surface area contributed by atoms with Crippen molar-refractivity contribution in [3.8, 4) is 5.75 Å². The first-order valence-corrected chi connectivity index (χ1v) is 35.8. The fourth-order valence-corrected chi connectivity index (χ4v) is 13.8. The van der Waals surface area contributed by atoms with Gasteiger partial charge in [0, 0.05) is 54.2 Å². The Hall–Kier alpha value is -7.28. The SMILES string of the molecule is CC[C@@H]1NC(=O)[C@H]([C@@H]2O[C@@H](Sc3ccc(OCc4ccccc4)cc3)C[C@H]2C)N(C)C(=O)[C@H](C(C)C)N(C)C(=O)[C@H](CC(C)C)N(C)C(=O)[C@H](CC(C)C)N(C)C(=O)[C@@H](C)NC(=O)[C@H](C)NC(=O)[C@H](CC(C)C)N(C)C(=O)[C@H](C(C)C)NC(=O)[C@H](CC(C)C)N(C)C(=O)CN(C)C1=O. The van der Waals surface area contributed by atoms with E-state index in [1.54, 1.807) is 34.6 Å². The largest absolute Gasteiger partial charge is 0.489 e. The second-order valence-electron chi connectivity index (χ2n) is 29.4. The number of amides is 11. The third kappa shape index (κ3) is 22.6. The highest BCUT2D eigenvalue weighted by atomic mass is 32.2. The first-order valence-electron chi connectivity index (χ1n) is 34.9. The fourth-order valence-electron chi connectivity index (χ4n) is 12.6. The Morgan fingerprint density at radius 3 is 1.48 bits per heavy atom. The normalized spacial score (nSPS) is 27.1. The summed E-state index contributed by atoms with van der Waals surface area (Å²) in [4.78, 5) is 173. The summed E-state index contributed by atoms with van der Waals surface area (Å²) in [5, 5.41) is 11.2. The van der Waals surface area contributed by atoms with Crippen LogP contribution in [0.4, 0.5) is 0 Å². The van der Waals surface area contributed by atoms with Gasteiger partial charge in [0.2, 0.25) is 65.0 Å². The van der Waals surface area contributed by atoms with Crippen LogP contribution in [0.5, 0.6) is 5.75 Å². The van der Waals surface area contributed by atoms with E-state index >= 15 is 19.2 Å². The predicted molar refractivity (Wildman–Crippen MR) is 379 cm³/mol. The Labute approximate surface area is 587 Å². The fraction of sp³-hybridized carbons (Fsp3) is 0.685. The summed E-state index contributed by atoms with van der Waals surface area (Å²) < 4.78 is 12.9. The average Bonchev–Trinajstić information content (AvgIpc) is 1.24. The van der Waals surface area contributed by atoms with Gasteiger partial charge in [-0.3, -0.25) is 52.7 Å². The summed E-state index contributed by atoms with van der Waals surface area (Å²) in [7, 11) is 10.2. The molecule has 13 atom stereocenters. The molecule has 2 fully saturated rings. The van der Waals surface area contributed by atoms with Crippen LogP contribution in [0.25, 0.3) is 0 Å². The molecule has 0 spiro atoms. The number of hydrogen-bond donors (Lipinski definition) is 4. The van der Waals surface area contributed by atoms with E-state index in [0.29, 0.717) is 18.8 Å². The van der Waals surface area contributed by atoms with Crippen molar-refractivity contribution >= 4 is 76.7 Å². The highest BCUT2D eigenvalue weighted by Gasteiger charge is 2.49. The molecular weight excluding hydrogens is 1270 g/mol. The van der Waals surface area contributed by atoms with Gasteiger partial charge in [0.25, 0.3) is 0 Å². The van der Waals surface area contributed by atoms with Gasteiger partial charge in [-0.1, -0.05) is 139 Å². The summed E-state index contributed by atoms with van der Waals surface area (Å²) in [5.74, 6) is -8.43. The van der Waals surface area contributed by atoms with E-state index in [1.165, 1.54) is 104 Å². The van der Waals surface area contributed by atoms with Gasteiger partial charge in [0.1, 0.15) is 78.2 Å². The molecule has 2 aliphatic rings. The molecule has 25 heteroatoms. The number of rotatable bonds is 17. The topological polar surface area (TPSA) is 277 Å². The number of nitrogens with zero attached hydrogens (tertiary/aromatic N) is 7. The molecule has 548 valence electrons. The van der Waals surface area contributed by atoms with Crippen molar-refractivity contribution in [2.24, 2.45) is 41.4 Å². The molecule has 0 radical (unpaired) electrons. The van der Waals surface area contributed by atoms with E-state index in [2.05, 4.69) is 21.3 Å². The van der Waals surface area contributed by atoms with Crippen molar-refractivity contribution in [1.29, 1.82) is 0 Å². The molecule has 2 heterocycles. The monoisotopic (exact) mass is 1390 g/mol. The summed E-state index contributed by atoms with van der Waals surface area (Å²) >= 11 is 1.44. The van der Waals surface area contributed by atoms with Gasteiger partial charge in [-0.05, 0) is 124 Å². The molecular formula is C73H117N11O13S. The maximum absolute atomic E-state index is 15.7. The number of benzene rings is 2. The van der Waals surface area contributed by atoms with Crippen molar-refractivity contribution in [3.05, 3.63) is 60.2 Å². The third-order valence-corrected chi connectivity index (χ3v) is 19.6. The van der Waals surface area contributed by atoms with Gasteiger partial charge in [0.05, 0.1) is 12.6 Å². The lowest BCUT2D eigenvalue weighted by atomic mass is 9.93. The minimum absolute atomic E-state index is 0.0510. The molecule has 4 N–H and O–H groups in total. The van der Waals surface area contributed by atoms with Gasteiger partial charge < -0.3 is 65.0 Å². The number of carbonyl (C=O) groups is 11. The zero-order chi connectivity index (χ0) is 74.1. The maximum Gasteiger partial charge on any atom is 0.246 e. The van der Waals surface area contributed by atoms with E-state index in [4.69, 9.17) is 9.47 Å². The average molecular weight is 1390 g/mol. The quantitative estimate of drug-likeness (QED) is 0.133. The van der Waals surface area contributed by atoms with E-state index < -0.39 is 155 Å². The van der Waals surface area contributed by atoms with Gasteiger partial charge in [0.15, 0.2) is 0 Å². The van der Waals surface area contributed by atoms with Crippen molar-refractivity contribution in [2.75, 3.05) is 55.9 Å². The molecule has 98 heavy (non-hydrogen) atoms. The molecule has 24 nitrogen and oxygen atoms in total. The molecule has 2 aliphatic heterocycles. The molecule has 2 aromatic rings. The second-order valence-corrected chi connectivity index (χ2v) is 30.7. The molecule has 0 aliphatic carbocycles. The van der Waals surface area contributed by atoms with Crippen molar-refractivity contribution < 1.29 is 62.2 Å². The van der Waals surface area contributed by atoms with Gasteiger partial charge in [-0.2, -0.15) is 0 Å². The molecule has 4 rings (SSSR count). The Balaban J connectivity index is 1.88. The molecule has 0 aromatic heterocycles. The third-order valence-electron chi connectivity index (χ3n) is 18.5. The van der Waals surface area contributed by atoms with E-state index in [9.17, 15) is 33.6 Å². The number of nitrogens with one attached hydrogen (secondary N) is 4. The van der Waals surface area contributed by atoms with Crippen LogP contribution in [-0.4, -0.2) is 227 Å². The standard InChI is InChI=1S/C73H117N11O13S/c1-24-53-69(91)78(17)39-58(85)79(18)54(34-41(2)3)66(88)77-60(45(10)11)72(94)80(19)55(35-42(4)5)65(87)74-48(15)64(86)75-49(16)68(90)81(20)56(36-43(6)7)70(92)82(21)57(37-44(8)9)71(93)83(22)61(46(12)13)73(95)84(23)62(67(89)76-53)63-47(14)38-59(97-63)98-52-32-30-51(31-33-52)96-40-50-28-26-25-27-29-50/h25-33,41-49,53-57,59-63H,24,34-40H2,1-23H3,(H,74,87)(H,75,86)(H,76,89)(H,77,88)/t47-,48+,49-,53+,54+,55+,56+,57+,59+,60+,61+,62+,63-/m1/s1. The molecule has 11 amide bonds. The number of likely N-dealkylation sites (N-methyl/N-ethyl adjacent to an activating group) is 7. The van der Waals surface area contributed by atoms with Crippen LogP contribution in [0.15, 0.2) is 59.5 Å². The number of ether oxygens (including phenoxy) is 2. The van der Waals surface area contributed by atoms with Crippen LogP contribution in [0.3, 0.4) is 0 Å². The van der Waals surface area contributed by atoms with Crippen LogP contribution in [0.1, 0.15) is 155 Å². The van der Waals surface area contributed by atoms with Crippen LogP contribution in [0, 0.1) is 41.4 Å². The Bertz CT molecular complexity index is 3040. The van der Waals surface area contributed by atoms with Crippen molar-refractivity contribution in [3.63, 3.8) is 0 Å². The summed E-state index contributed by atoms with van der Waals surface area (Å²) in [6.07, 6.45) is 0.182. The lowest BCUT2D eigenvalue weighted by Gasteiger charge is -2.41. The molecule has 2 saturated heterocycles. The first-order chi connectivity index (χ1) is 45.7. The lowest BCUT2D eigenvalue weighted by Crippen LogP contribution is -2.63. The smallest absolute Gasteiger partial charge is 0.246 e. The van der Waals surface area contributed by atoms with Crippen LogP contribution < -0.4 is 26.0 Å². The van der Waals surface area contributed by atoms with Crippen LogP contribution in [0.2, 0.25) is 0 Å². The Morgan fingerprint density at radius 2 is 0.969 bits per heavy atom. The first kappa shape index (κ1) is 83.1. The maximum atomic E-state index is 15.7. The minimum Gasteiger partial charge on any atom is -0.489 e. The zero-order valence-electron chi connectivity index (χ0n) is 62.7. The minimum atomic E-state index is -1.40. The van der Waals surface area contributed by atoms with Crippen molar-refractivity contribution in [1.82, 2.24) is 55.6 Å². The molecule has 0 unspecified atom stereocenters. The summed E-state index contributed by atoms with van der Waals surface area (Å²) in [6.45, 7) is 28.4. The van der Waals surface area contributed by atoms with E-state index in [0.717, 1.165) is 15.4 Å². The summed E-state index contributed by atoms with van der Waals surface area (Å²) in [5.41, 5.74) is 0.516. The van der Waals surface area contributed by atoms with Crippen LogP contribution in [-0.2, 0) is 64.1 Å². The number of thioether (sulfide) groups is 1. The predicted octanol–water partition coefficient (Wildman–Crippen LogP) is 6.43. The Morgan fingerprint density at radius 1 is 0.490 bits per heavy atom. The lowest BCUT2D eigenvalue weighted by molar-refractivity contribution is -0.157. The van der Waals surface area contributed by atoms with Gasteiger partial charge >= 0.3 is 0 Å². The van der Waals surface area contributed by atoms with Gasteiger partial charge in [-0.25, -0.2) is 0 Å². The number of hydrogen-bond acceptors (Lipinski definition) is 14. The second kappa shape index (κ2) is 37.8. The molecule has 0 bridgehead atoms. The van der Waals surface area contributed by atoms with Crippen LogP contribution >= 0.6 is 11.8 Å². The highest BCUT2D eigenvalue weighted by molar-refractivity contribution is 7.99. The highest BCUT2D eigenvalue weighted by Crippen LogP contribution is 2.40. The van der Waals surface area contributed by atoms with Gasteiger partial charge in [-0.15, -0.1) is 0 Å². The van der Waals surface area contributed by atoms with E-state index in [-0.39, 0.29) is 61.7 Å². The van der Waals surface area contributed by atoms with E-state index in [1.807, 2.05) is 117 Å². The summed E-state index contributed by atoms with van der Waals surface area (Å²) in [6, 6.07) is 5.31. The molecule has 2 aromatic carbocycles. The van der Waals surface area contributed by atoms with Crippen molar-refractivity contribution in [2.45, 2.75) is 233 Å². The molecule has 0 saturated carbocycles. The zero-order valence-corrected chi connectivity index (χ0v) is 63.5. The Kier molecular flexibility index (Phi) is 32.1.